The summed E-state index contributed by atoms with van der Waals surface area (Å²) in [6.45, 7) is -0.109. The molecule has 0 fully saturated rings. The lowest BCUT2D eigenvalue weighted by Gasteiger charge is -2.04. The van der Waals surface area contributed by atoms with Crippen LogP contribution in [0.2, 0.25) is 5.15 Å². The van der Waals surface area contributed by atoms with Crippen molar-refractivity contribution in [1.29, 1.82) is 0 Å². The van der Waals surface area contributed by atoms with Gasteiger partial charge in [-0.15, -0.1) is 0 Å². The number of rotatable bonds is 4. The smallest absolute Gasteiger partial charge is 0.221 e. The van der Waals surface area contributed by atoms with Crippen LogP contribution in [0.15, 0.2) is 42.7 Å². The molecule has 4 nitrogen and oxygen atoms in total. The second-order valence-electron chi connectivity index (χ2n) is 3.22. The highest BCUT2D eigenvalue weighted by Gasteiger charge is 2.13. The zero-order valence-corrected chi connectivity index (χ0v) is 9.59. The van der Waals surface area contributed by atoms with E-state index >= 15 is 0 Å². The number of benzene rings is 1. The van der Waals surface area contributed by atoms with Crippen molar-refractivity contribution >= 4 is 17.4 Å². The number of ether oxygens (including phenoxy) is 1. The van der Waals surface area contributed by atoms with Gasteiger partial charge >= 0.3 is 0 Å². The van der Waals surface area contributed by atoms with E-state index in [2.05, 4.69) is 9.97 Å². The largest absolute Gasteiger partial charge is 0.485 e. The second-order valence-corrected chi connectivity index (χ2v) is 3.58. The van der Waals surface area contributed by atoms with Crippen LogP contribution in [0, 0.1) is 0 Å². The third-order valence-electron chi connectivity index (χ3n) is 2.03. The van der Waals surface area contributed by atoms with Gasteiger partial charge in [-0.1, -0.05) is 29.8 Å². The number of carbonyl (C=O) groups excluding carboxylic acids is 1. The van der Waals surface area contributed by atoms with Gasteiger partial charge in [-0.3, -0.25) is 4.79 Å². The first kappa shape index (κ1) is 11.5. The van der Waals surface area contributed by atoms with Gasteiger partial charge in [0, 0.05) is 12.4 Å². The number of Topliss-reactive ketones (excluding diaryl/α,β-unsaturated/α-hetero) is 1. The first-order chi connectivity index (χ1) is 8.27. The van der Waals surface area contributed by atoms with Crippen LogP contribution < -0.4 is 4.74 Å². The van der Waals surface area contributed by atoms with E-state index in [4.69, 9.17) is 16.3 Å². The molecule has 0 saturated heterocycles. The third-order valence-corrected chi connectivity index (χ3v) is 2.31. The highest BCUT2D eigenvalue weighted by atomic mass is 35.5. The number of ketones is 1. The summed E-state index contributed by atoms with van der Waals surface area (Å²) in [6.07, 6.45) is 2.85. The molecule has 2 aromatic rings. The van der Waals surface area contributed by atoms with Crippen LogP contribution in [-0.2, 0) is 0 Å². The van der Waals surface area contributed by atoms with Crippen LogP contribution in [0.4, 0.5) is 0 Å². The van der Waals surface area contributed by atoms with Crippen LogP contribution in [0.1, 0.15) is 10.5 Å². The predicted molar refractivity (Wildman–Crippen MR) is 63.3 cm³/mol. The van der Waals surface area contributed by atoms with Crippen molar-refractivity contribution in [1.82, 2.24) is 9.97 Å². The Morgan fingerprint density at radius 1 is 1.18 bits per heavy atom. The molecule has 0 atom stereocenters. The molecule has 0 spiro atoms. The van der Waals surface area contributed by atoms with Gasteiger partial charge in [0.15, 0.2) is 11.8 Å². The maximum atomic E-state index is 11.7. The van der Waals surface area contributed by atoms with E-state index in [1.54, 1.807) is 12.1 Å². The Kier molecular flexibility index (Phi) is 3.67. The molecule has 0 unspecified atom stereocenters. The van der Waals surface area contributed by atoms with Crippen molar-refractivity contribution in [2.45, 2.75) is 0 Å². The molecule has 1 aromatic carbocycles. The maximum Gasteiger partial charge on any atom is 0.221 e. The molecule has 0 radical (unpaired) electrons. The van der Waals surface area contributed by atoms with Crippen molar-refractivity contribution in [2.75, 3.05) is 6.61 Å². The standard InChI is InChI=1S/C12H9ClN2O2/c13-12-11(14-6-7-15-12)10(16)8-17-9-4-2-1-3-5-9/h1-7H,8H2. The molecule has 0 amide bonds. The number of carbonyl (C=O) groups is 1. The van der Waals surface area contributed by atoms with Crippen molar-refractivity contribution in [3.8, 4) is 5.75 Å². The fraction of sp³-hybridized carbons (Fsp3) is 0.0833. The molecule has 0 N–H and O–H groups in total. The van der Waals surface area contributed by atoms with Crippen LogP contribution >= 0.6 is 11.6 Å². The zero-order chi connectivity index (χ0) is 12.1. The highest BCUT2D eigenvalue weighted by molar-refractivity contribution is 6.32. The van der Waals surface area contributed by atoms with Gasteiger partial charge in [0.25, 0.3) is 0 Å². The first-order valence-corrected chi connectivity index (χ1v) is 5.33. The summed E-state index contributed by atoms with van der Waals surface area (Å²) in [7, 11) is 0. The zero-order valence-electron chi connectivity index (χ0n) is 8.84. The van der Waals surface area contributed by atoms with Crippen LogP contribution in [0.25, 0.3) is 0 Å². The number of halogens is 1. The lowest BCUT2D eigenvalue weighted by atomic mass is 10.3. The van der Waals surface area contributed by atoms with Crippen molar-refractivity contribution in [2.24, 2.45) is 0 Å². The van der Waals surface area contributed by atoms with E-state index in [0.717, 1.165) is 0 Å². The fourth-order valence-electron chi connectivity index (χ4n) is 1.24. The lowest BCUT2D eigenvalue weighted by Crippen LogP contribution is -2.14. The van der Waals surface area contributed by atoms with E-state index < -0.39 is 0 Å². The maximum absolute atomic E-state index is 11.7. The molecule has 1 aromatic heterocycles. The summed E-state index contributed by atoms with van der Waals surface area (Å²) < 4.78 is 5.30. The second kappa shape index (κ2) is 5.41. The Bertz CT molecular complexity index is 517. The Morgan fingerprint density at radius 3 is 2.59 bits per heavy atom. The van der Waals surface area contributed by atoms with E-state index in [9.17, 15) is 4.79 Å². The number of aromatic nitrogens is 2. The summed E-state index contributed by atoms with van der Waals surface area (Å²) in [6, 6.07) is 9.07. The number of para-hydroxylation sites is 1. The minimum Gasteiger partial charge on any atom is -0.485 e. The summed E-state index contributed by atoms with van der Waals surface area (Å²) >= 11 is 5.75. The summed E-state index contributed by atoms with van der Waals surface area (Å²) in [5.41, 5.74) is 0.130. The van der Waals surface area contributed by atoms with Crippen LogP contribution in [-0.4, -0.2) is 22.4 Å². The van der Waals surface area contributed by atoms with E-state index in [-0.39, 0.29) is 23.2 Å². The minimum absolute atomic E-state index is 0.0918. The molecule has 0 aliphatic rings. The number of hydrogen-bond acceptors (Lipinski definition) is 4. The highest BCUT2D eigenvalue weighted by Crippen LogP contribution is 2.12. The molecule has 5 heteroatoms. The lowest BCUT2D eigenvalue weighted by molar-refractivity contribution is 0.0916. The van der Waals surface area contributed by atoms with Gasteiger partial charge in [0.2, 0.25) is 5.78 Å². The number of nitrogens with zero attached hydrogens (tertiary/aromatic N) is 2. The third kappa shape index (κ3) is 3.01. The molecular formula is C12H9ClN2O2. The van der Waals surface area contributed by atoms with Gasteiger partial charge in [-0.2, -0.15) is 0 Å². The van der Waals surface area contributed by atoms with E-state index in [0.29, 0.717) is 5.75 Å². The van der Waals surface area contributed by atoms with Crippen LogP contribution in [0.5, 0.6) is 5.75 Å². The van der Waals surface area contributed by atoms with Gasteiger partial charge in [-0.25, -0.2) is 9.97 Å². The molecule has 0 bridgehead atoms. The summed E-state index contributed by atoms with van der Waals surface area (Å²) in [5, 5.41) is 0.0918. The van der Waals surface area contributed by atoms with Crippen molar-refractivity contribution < 1.29 is 9.53 Å². The molecule has 0 saturated carbocycles. The fourth-order valence-corrected chi connectivity index (χ4v) is 1.45. The topological polar surface area (TPSA) is 52.1 Å². The summed E-state index contributed by atoms with van der Waals surface area (Å²) in [4.78, 5) is 19.4. The predicted octanol–water partition coefficient (Wildman–Crippen LogP) is 2.39. The minimum atomic E-state index is -0.299. The van der Waals surface area contributed by atoms with Gasteiger partial charge < -0.3 is 4.74 Å². The summed E-state index contributed by atoms with van der Waals surface area (Å²) in [5.74, 6) is 0.327. The molecule has 17 heavy (non-hydrogen) atoms. The first-order valence-electron chi connectivity index (χ1n) is 4.95. The molecule has 2 rings (SSSR count). The monoisotopic (exact) mass is 248 g/mol. The van der Waals surface area contributed by atoms with Crippen LogP contribution in [0.3, 0.4) is 0 Å². The van der Waals surface area contributed by atoms with Crippen molar-refractivity contribution in [3.63, 3.8) is 0 Å². The Morgan fingerprint density at radius 2 is 1.88 bits per heavy atom. The molecule has 0 aliphatic carbocycles. The van der Waals surface area contributed by atoms with Gasteiger partial charge in [0.1, 0.15) is 11.4 Å². The van der Waals surface area contributed by atoms with E-state index in [1.165, 1.54) is 12.4 Å². The van der Waals surface area contributed by atoms with E-state index in [1.807, 2.05) is 18.2 Å². The van der Waals surface area contributed by atoms with Gasteiger partial charge in [-0.05, 0) is 12.1 Å². The SMILES string of the molecule is O=C(COc1ccccc1)c1nccnc1Cl. The number of hydrogen-bond donors (Lipinski definition) is 0. The molecule has 1 heterocycles. The Hall–Kier alpha value is -1.94. The average Bonchev–Trinajstić information content (AvgIpc) is 2.38. The normalized spacial score (nSPS) is 9.94. The van der Waals surface area contributed by atoms with Gasteiger partial charge in [0.05, 0.1) is 0 Å². The van der Waals surface area contributed by atoms with Crippen molar-refractivity contribution in [3.05, 3.63) is 53.6 Å². The molecule has 86 valence electrons. The molecular weight excluding hydrogens is 240 g/mol. The Labute approximate surface area is 103 Å². The molecule has 0 aliphatic heterocycles. The average molecular weight is 249 g/mol. The Balaban J connectivity index is 2.01. The quantitative estimate of drug-likeness (QED) is 0.780.